The van der Waals surface area contributed by atoms with E-state index in [9.17, 15) is 13.2 Å². The van der Waals surface area contributed by atoms with Gasteiger partial charge in [0.1, 0.15) is 5.52 Å². The fraction of sp³-hybridized carbons (Fsp3) is 0.345. The standard InChI is InChI=1S/C29H31Cl2N7O4S/c1-37-8-10-38(11-9-37)21-2-3-23(25(17-21)32-20-6-12-42-13-7-20)29(39)34-28-27-24(35-36-28)4-5-26(33-27)43(40,41)22-15-18(30)14-19(31)16-22/h2-5,14-17,20,32H,6-13H2,1H3,(H2,34,35,36,39). The number of aromatic amines is 1. The van der Waals surface area contributed by atoms with Crippen LogP contribution in [0.3, 0.4) is 0 Å². The molecule has 3 N–H and O–H groups in total. The average Bonchev–Trinajstić information content (AvgIpc) is 3.39. The maximum Gasteiger partial charge on any atom is 0.259 e. The molecule has 0 radical (unpaired) electrons. The molecule has 2 fully saturated rings. The number of sulfone groups is 1. The molecule has 4 aromatic rings. The number of anilines is 3. The van der Waals surface area contributed by atoms with Gasteiger partial charge in [0.2, 0.25) is 9.84 Å². The van der Waals surface area contributed by atoms with Crippen molar-refractivity contribution in [2.24, 2.45) is 0 Å². The number of nitrogens with one attached hydrogen (secondary N) is 3. The van der Waals surface area contributed by atoms with E-state index < -0.39 is 15.7 Å². The van der Waals surface area contributed by atoms with Gasteiger partial charge in [0.05, 0.1) is 16.0 Å². The lowest BCUT2D eigenvalue weighted by Crippen LogP contribution is -2.44. The Morgan fingerprint density at radius 3 is 2.44 bits per heavy atom. The van der Waals surface area contributed by atoms with Crippen LogP contribution in [0.15, 0.2) is 58.5 Å². The van der Waals surface area contributed by atoms with E-state index in [4.69, 9.17) is 27.9 Å². The second kappa shape index (κ2) is 12.3. The average molecular weight is 645 g/mol. The number of amides is 1. The molecule has 226 valence electrons. The highest BCUT2D eigenvalue weighted by Crippen LogP contribution is 2.30. The molecule has 2 saturated heterocycles. The Labute approximate surface area is 259 Å². The maximum atomic E-state index is 13.7. The molecule has 0 saturated carbocycles. The number of pyridine rings is 1. The van der Waals surface area contributed by atoms with Crippen molar-refractivity contribution in [1.29, 1.82) is 0 Å². The summed E-state index contributed by atoms with van der Waals surface area (Å²) in [6.07, 6.45) is 1.67. The largest absolute Gasteiger partial charge is 0.381 e. The van der Waals surface area contributed by atoms with Crippen molar-refractivity contribution in [3.63, 3.8) is 0 Å². The van der Waals surface area contributed by atoms with E-state index in [0.717, 1.165) is 50.4 Å². The van der Waals surface area contributed by atoms with E-state index in [-0.39, 0.29) is 37.3 Å². The molecule has 2 aromatic carbocycles. The van der Waals surface area contributed by atoms with Gasteiger partial charge in [-0.25, -0.2) is 13.4 Å². The van der Waals surface area contributed by atoms with Crippen LogP contribution >= 0.6 is 23.2 Å². The van der Waals surface area contributed by atoms with Gasteiger partial charge in [-0.15, -0.1) is 0 Å². The molecule has 11 nitrogen and oxygen atoms in total. The number of H-pyrrole nitrogens is 1. The molecule has 43 heavy (non-hydrogen) atoms. The summed E-state index contributed by atoms with van der Waals surface area (Å²) in [4.78, 5) is 22.6. The summed E-state index contributed by atoms with van der Waals surface area (Å²) in [6.45, 7) is 5.05. The number of halogens is 2. The second-order valence-electron chi connectivity index (χ2n) is 10.7. The van der Waals surface area contributed by atoms with Crippen LogP contribution in [-0.4, -0.2) is 86.9 Å². The summed E-state index contributed by atoms with van der Waals surface area (Å²) in [7, 11) is -1.94. The van der Waals surface area contributed by atoms with Gasteiger partial charge >= 0.3 is 0 Å². The molecule has 0 aliphatic carbocycles. The van der Waals surface area contributed by atoms with Crippen molar-refractivity contribution in [3.05, 3.63) is 64.1 Å². The number of ether oxygens (including phenoxy) is 1. The van der Waals surface area contributed by atoms with Crippen LogP contribution in [0.1, 0.15) is 23.2 Å². The molecular formula is C29H31Cl2N7O4S. The Hall–Kier alpha value is -3.42. The second-order valence-corrected chi connectivity index (χ2v) is 13.5. The summed E-state index contributed by atoms with van der Waals surface area (Å²) >= 11 is 12.1. The number of fused-ring (bicyclic) bond motifs is 1. The Kier molecular flexibility index (Phi) is 8.47. The molecule has 6 rings (SSSR count). The van der Waals surface area contributed by atoms with E-state index in [1.807, 2.05) is 18.2 Å². The highest BCUT2D eigenvalue weighted by atomic mass is 35.5. The van der Waals surface area contributed by atoms with Crippen LogP contribution in [0.4, 0.5) is 17.2 Å². The number of piperazine rings is 1. The molecule has 0 unspecified atom stereocenters. The zero-order valence-corrected chi connectivity index (χ0v) is 25.8. The Bertz CT molecular complexity index is 1750. The molecule has 2 aromatic heterocycles. The lowest BCUT2D eigenvalue weighted by molar-refractivity contribution is 0.0904. The van der Waals surface area contributed by atoms with Crippen molar-refractivity contribution >= 4 is 67.2 Å². The predicted molar refractivity (Wildman–Crippen MR) is 167 cm³/mol. The Morgan fingerprint density at radius 2 is 1.72 bits per heavy atom. The van der Waals surface area contributed by atoms with Crippen LogP contribution in [0, 0.1) is 0 Å². The lowest BCUT2D eigenvalue weighted by atomic mass is 10.1. The van der Waals surface area contributed by atoms with Crippen molar-refractivity contribution < 1.29 is 17.9 Å². The summed E-state index contributed by atoms with van der Waals surface area (Å²) in [6, 6.07) is 12.9. The van der Waals surface area contributed by atoms with Crippen molar-refractivity contribution in [2.75, 3.05) is 62.0 Å². The first-order valence-corrected chi connectivity index (χ1v) is 16.2. The normalized spacial score (nSPS) is 16.9. The number of hydrogen-bond donors (Lipinski definition) is 3. The zero-order chi connectivity index (χ0) is 30.1. The highest BCUT2D eigenvalue weighted by Gasteiger charge is 2.25. The SMILES string of the molecule is CN1CCN(c2ccc(C(=O)Nc3n[nH]c4ccc(S(=O)(=O)c5cc(Cl)cc(Cl)c5)nc34)c(NC3CCOCC3)c2)CC1. The third-order valence-electron chi connectivity index (χ3n) is 7.73. The predicted octanol–water partition coefficient (Wildman–Crippen LogP) is 4.69. The van der Waals surface area contributed by atoms with Gasteiger partial charge in [0, 0.05) is 66.9 Å². The van der Waals surface area contributed by atoms with Gasteiger partial charge in [-0.05, 0) is 68.4 Å². The van der Waals surface area contributed by atoms with Gasteiger partial charge in [0.15, 0.2) is 10.8 Å². The number of benzene rings is 2. The van der Waals surface area contributed by atoms with Gasteiger partial charge in [-0.3, -0.25) is 9.89 Å². The topological polar surface area (TPSA) is 133 Å². The first kappa shape index (κ1) is 29.6. The molecule has 14 heteroatoms. The lowest BCUT2D eigenvalue weighted by Gasteiger charge is -2.34. The summed E-state index contributed by atoms with van der Waals surface area (Å²) < 4.78 is 32.2. The van der Waals surface area contributed by atoms with E-state index in [0.29, 0.717) is 24.3 Å². The molecule has 0 atom stereocenters. The summed E-state index contributed by atoms with van der Waals surface area (Å²) in [5.41, 5.74) is 2.87. The van der Waals surface area contributed by atoms with Gasteiger partial charge in [-0.2, -0.15) is 5.10 Å². The summed E-state index contributed by atoms with van der Waals surface area (Å²) in [5, 5.41) is 13.6. The van der Waals surface area contributed by atoms with Crippen LogP contribution in [0.2, 0.25) is 10.0 Å². The van der Waals surface area contributed by atoms with Gasteiger partial charge < -0.3 is 25.2 Å². The molecule has 2 aliphatic heterocycles. The van der Waals surface area contributed by atoms with Crippen LogP contribution in [0.5, 0.6) is 0 Å². The Morgan fingerprint density at radius 1 is 1.00 bits per heavy atom. The molecule has 0 bridgehead atoms. The van der Waals surface area contributed by atoms with Crippen LogP contribution in [-0.2, 0) is 14.6 Å². The smallest absolute Gasteiger partial charge is 0.259 e. The number of carbonyl (C=O) groups excluding carboxylic acids is 1. The third kappa shape index (κ3) is 6.43. The van der Waals surface area contributed by atoms with Crippen molar-refractivity contribution in [2.45, 2.75) is 28.8 Å². The maximum absolute atomic E-state index is 13.7. The minimum Gasteiger partial charge on any atom is -0.381 e. The number of nitrogens with zero attached hydrogens (tertiary/aromatic N) is 4. The molecule has 0 spiro atoms. The Balaban J connectivity index is 1.30. The monoisotopic (exact) mass is 643 g/mol. The van der Waals surface area contributed by atoms with Crippen LogP contribution < -0.4 is 15.5 Å². The quantitative estimate of drug-likeness (QED) is 0.262. The number of hydrogen-bond acceptors (Lipinski definition) is 9. The van der Waals surface area contributed by atoms with E-state index in [1.54, 1.807) is 6.07 Å². The number of rotatable bonds is 7. The van der Waals surface area contributed by atoms with Gasteiger partial charge in [-0.1, -0.05) is 23.2 Å². The fourth-order valence-corrected chi connectivity index (χ4v) is 7.19. The first-order valence-electron chi connectivity index (χ1n) is 14.0. The number of carbonyl (C=O) groups is 1. The molecule has 1 amide bonds. The minimum atomic E-state index is -4.06. The van der Waals surface area contributed by atoms with Crippen molar-refractivity contribution in [3.8, 4) is 0 Å². The van der Waals surface area contributed by atoms with E-state index >= 15 is 0 Å². The minimum absolute atomic E-state index is 0.0878. The first-order chi connectivity index (χ1) is 20.7. The summed E-state index contributed by atoms with van der Waals surface area (Å²) in [5.74, 6) is -0.286. The highest BCUT2D eigenvalue weighted by molar-refractivity contribution is 7.91. The van der Waals surface area contributed by atoms with Gasteiger partial charge in [0.25, 0.3) is 5.91 Å². The van der Waals surface area contributed by atoms with Crippen molar-refractivity contribution in [1.82, 2.24) is 20.1 Å². The molecule has 4 heterocycles. The molecular weight excluding hydrogens is 613 g/mol. The van der Waals surface area contributed by atoms with E-state index in [2.05, 4.69) is 42.7 Å². The number of likely N-dealkylation sites (N-methyl/N-ethyl adjacent to an activating group) is 1. The van der Waals surface area contributed by atoms with Crippen LogP contribution in [0.25, 0.3) is 11.0 Å². The third-order valence-corrected chi connectivity index (χ3v) is 9.80. The zero-order valence-electron chi connectivity index (χ0n) is 23.4. The molecule has 2 aliphatic rings. The number of aromatic nitrogens is 3. The van der Waals surface area contributed by atoms with E-state index in [1.165, 1.54) is 24.3 Å². The fourth-order valence-electron chi connectivity index (χ4n) is 5.27.